The highest BCUT2D eigenvalue weighted by Gasteiger charge is 2.33. The quantitative estimate of drug-likeness (QED) is 0.673. The van der Waals surface area contributed by atoms with Crippen LogP contribution >= 0.6 is 11.6 Å². The highest BCUT2D eigenvalue weighted by molar-refractivity contribution is 7.89. The van der Waals surface area contributed by atoms with Crippen molar-refractivity contribution < 1.29 is 22.7 Å². The topological polar surface area (TPSA) is 84.9 Å². The lowest BCUT2D eigenvalue weighted by Gasteiger charge is -2.31. The largest absolute Gasteiger partial charge is 0.493 e. The fraction of sp³-hybridized carbons (Fsp3) is 0.409. The van der Waals surface area contributed by atoms with E-state index in [-0.39, 0.29) is 35.9 Å². The molecule has 7 nitrogen and oxygen atoms in total. The number of halogens is 1. The third kappa shape index (κ3) is 5.31. The summed E-state index contributed by atoms with van der Waals surface area (Å²) in [5.41, 5.74) is 0.964. The van der Waals surface area contributed by atoms with E-state index in [0.29, 0.717) is 29.4 Å². The van der Waals surface area contributed by atoms with E-state index in [1.165, 1.54) is 30.7 Å². The number of methoxy groups -OCH3 is 2. The number of carbonyl (C=O) groups excluding carboxylic acids is 1. The molecular weight excluding hydrogens is 440 g/mol. The van der Waals surface area contributed by atoms with Crippen LogP contribution in [0.25, 0.3) is 0 Å². The van der Waals surface area contributed by atoms with Gasteiger partial charge in [0.1, 0.15) is 0 Å². The fourth-order valence-corrected chi connectivity index (χ4v) is 5.26. The highest BCUT2D eigenvalue weighted by atomic mass is 35.5. The highest BCUT2D eigenvalue weighted by Crippen LogP contribution is 2.32. The molecule has 0 saturated carbocycles. The van der Waals surface area contributed by atoms with E-state index in [4.69, 9.17) is 21.1 Å². The van der Waals surface area contributed by atoms with Crippen molar-refractivity contribution in [2.45, 2.75) is 30.7 Å². The lowest BCUT2D eigenvalue weighted by atomic mass is 9.96. The van der Waals surface area contributed by atoms with Crippen molar-refractivity contribution in [3.05, 3.63) is 53.1 Å². The van der Waals surface area contributed by atoms with Crippen molar-refractivity contribution in [3.63, 3.8) is 0 Å². The van der Waals surface area contributed by atoms with Crippen molar-refractivity contribution in [1.82, 2.24) is 9.62 Å². The minimum absolute atomic E-state index is 0.0642. The first-order chi connectivity index (χ1) is 14.8. The SMILES string of the molecule is COc1ccc(S(=O)(=O)N2CCC(C(=O)N[C@@H](C)c3ccc(Cl)cc3)CC2)cc1OC. The van der Waals surface area contributed by atoms with Crippen LogP contribution < -0.4 is 14.8 Å². The minimum Gasteiger partial charge on any atom is -0.493 e. The number of ether oxygens (including phenoxy) is 2. The Balaban J connectivity index is 1.61. The Morgan fingerprint density at radius 2 is 1.68 bits per heavy atom. The molecule has 2 aromatic rings. The molecule has 1 saturated heterocycles. The predicted molar refractivity (Wildman–Crippen MR) is 119 cm³/mol. The van der Waals surface area contributed by atoms with Gasteiger partial charge >= 0.3 is 0 Å². The normalized spacial score (nSPS) is 16.5. The molecule has 0 aliphatic carbocycles. The number of carbonyl (C=O) groups is 1. The van der Waals surface area contributed by atoms with Gasteiger partial charge in [-0.25, -0.2) is 8.42 Å². The third-order valence-corrected chi connectivity index (χ3v) is 7.69. The van der Waals surface area contributed by atoms with E-state index >= 15 is 0 Å². The van der Waals surface area contributed by atoms with Gasteiger partial charge in [0.05, 0.1) is 25.2 Å². The first-order valence-corrected chi connectivity index (χ1v) is 11.9. The Kier molecular flexibility index (Phi) is 7.46. The molecule has 0 radical (unpaired) electrons. The first kappa shape index (κ1) is 23.4. The summed E-state index contributed by atoms with van der Waals surface area (Å²) in [4.78, 5) is 12.8. The summed E-state index contributed by atoms with van der Waals surface area (Å²) in [5.74, 6) is 0.526. The molecule has 2 aromatic carbocycles. The molecule has 0 spiro atoms. The number of nitrogens with one attached hydrogen (secondary N) is 1. The molecule has 3 rings (SSSR count). The van der Waals surface area contributed by atoms with Gasteiger partial charge in [0.25, 0.3) is 0 Å². The average Bonchev–Trinajstić information content (AvgIpc) is 2.78. The number of hydrogen-bond donors (Lipinski definition) is 1. The molecule has 1 atom stereocenters. The van der Waals surface area contributed by atoms with E-state index < -0.39 is 10.0 Å². The second-order valence-electron chi connectivity index (χ2n) is 7.48. The molecule has 1 aliphatic heterocycles. The summed E-state index contributed by atoms with van der Waals surface area (Å²) < 4.78 is 37.9. The molecule has 31 heavy (non-hydrogen) atoms. The van der Waals surface area contributed by atoms with Gasteiger partial charge in [-0.3, -0.25) is 4.79 Å². The molecule has 0 bridgehead atoms. The molecule has 1 N–H and O–H groups in total. The summed E-state index contributed by atoms with van der Waals surface area (Å²) in [6.45, 7) is 2.48. The molecule has 1 amide bonds. The smallest absolute Gasteiger partial charge is 0.243 e. The number of benzene rings is 2. The fourth-order valence-electron chi connectivity index (χ4n) is 3.65. The van der Waals surface area contributed by atoms with Crippen LogP contribution in [0.15, 0.2) is 47.4 Å². The van der Waals surface area contributed by atoms with Gasteiger partial charge in [-0.2, -0.15) is 4.31 Å². The third-order valence-electron chi connectivity index (χ3n) is 5.55. The van der Waals surface area contributed by atoms with E-state index in [9.17, 15) is 13.2 Å². The van der Waals surface area contributed by atoms with Crippen LogP contribution in [0.5, 0.6) is 11.5 Å². The summed E-state index contributed by atoms with van der Waals surface area (Å²) in [7, 11) is -0.728. The summed E-state index contributed by atoms with van der Waals surface area (Å²) in [6, 6.07) is 11.7. The van der Waals surface area contributed by atoms with E-state index in [0.717, 1.165) is 5.56 Å². The standard InChI is InChI=1S/C22H27ClN2O5S/c1-15(16-4-6-18(23)7-5-16)24-22(26)17-10-12-25(13-11-17)31(27,28)19-8-9-20(29-2)21(14-19)30-3/h4-9,14-15,17H,10-13H2,1-3H3,(H,24,26)/t15-/m0/s1. The zero-order valence-corrected chi connectivity index (χ0v) is 19.4. The van der Waals surface area contributed by atoms with Crippen LogP contribution in [-0.2, 0) is 14.8 Å². The maximum atomic E-state index is 13.0. The van der Waals surface area contributed by atoms with Crippen LogP contribution in [0.4, 0.5) is 0 Å². The van der Waals surface area contributed by atoms with Gasteiger partial charge in [-0.05, 0) is 49.6 Å². The monoisotopic (exact) mass is 466 g/mol. The molecule has 9 heteroatoms. The molecule has 1 fully saturated rings. The first-order valence-electron chi connectivity index (χ1n) is 10.0. The Labute approximate surface area is 188 Å². The summed E-state index contributed by atoms with van der Waals surface area (Å²) in [5, 5.41) is 3.66. The average molecular weight is 467 g/mol. The van der Waals surface area contributed by atoms with Crippen LogP contribution in [0, 0.1) is 5.92 Å². The van der Waals surface area contributed by atoms with E-state index in [1.807, 2.05) is 19.1 Å². The Morgan fingerprint density at radius 3 is 2.26 bits per heavy atom. The van der Waals surface area contributed by atoms with Crippen molar-refractivity contribution in [2.75, 3.05) is 27.3 Å². The molecule has 1 heterocycles. The van der Waals surface area contributed by atoms with Crippen LogP contribution in [0.2, 0.25) is 5.02 Å². The van der Waals surface area contributed by atoms with Crippen molar-refractivity contribution in [1.29, 1.82) is 0 Å². The second kappa shape index (κ2) is 9.89. The van der Waals surface area contributed by atoms with Crippen LogP contribution in [0.1, 0.15) is 31.4 Å². The van der Waals surface area contributed by atoms with Gasteiger partial charge in [-0.15, -0.1) is 0 Å². The Hall–Kier alpha value is -2.29. The van der Waals surface area contributed by atoms with Crippen LogP contribution in [0.3, 0.4) is 0 Å². The summed E-state index contributed by atoms with van der Waals surface area (Å²) >= 11 is 5.92. The Morgan fingerprint density at radius 1 is 1.06 bits per heavy atom. The van der Waals surface area contributed by atoms with Crippen molar-refractivity contribution in [2.24, 2.45) is 5.92 Å². The summed E-state index contributed by atoms with van der Waals surface area (Å²) in [6.07, 6.45) is 0.928. The lowest BCUT2D eigenvalue weighted by Crippen LogP contribution is -2.43. The van der Waals surface area contributed by atoms with Gasteiger partial charge in [-0.1, -0.05) is 23.7 Å². The van der Waals surface area contributed by atoms with E-state index in [2.05, 4.69) is 5.32 Å². The number of hydrogen-bond acceptors (Lipinski definition) is 5. The number of nitrogens with zero attached hydrogens (tertiary/aromatic N) is 1. The van der Waals surface area contributed by atoms with Gasteiger partial charge in [0.15, 0.2) is 11.5 Å². The predicted octanol–water partition coefficient (Wildman–Crippen LogP) is 3.64. The van der Waals surface area contributed by atoms with E-state index in [1.54, 1.807) is 18.2 Å². The second-order valence-corrected chi connectivity index (χ2v) is 9.85. The van der Waals surface area contributed by atoms with Gasteiger partial charge in [0.2, 0.25) is 15.9 Å². The molecule has 0 aromatic heterocycles. The molecular formula is C22H27ClN2O5S. The maximum Gasteiger partial charge on any atom is 0.243 e. The molecule has 0 unspecified atom stereocenters. The molecule has 1 aliphatic rings. The maximum absolute atomic E-state index is 13.0. The van der Waals surface area contributed by atoms with Gasteiger partial charge < -0.3 is 14.8 Å². The zero-order valence-electron chi connectivity index (χ0n) is 17.8. The Bertz CT molecular complexity index is 1020. The number of piperidine rings is 1. The van der Waals surface area contributed by atoms with Crippen molar-refractivity contribution >= 4 is 27.5 Å². The van der Waals surface area contributed by atoms with Crippen LogP contribution in [-0.4, -0.2) is 45.9 Å². The molecule has 168 valence electrons. The minimum atomic E-state index is -3.69. The number of rotatable bonds is 7. The van der Waals surface area contributed by atoms with Gasteiger partial charge in [0, 0.05) is 30.1 Å². The lowest BCUT2D eigenvalue weighted by molar-refractivity contribution is -0.126. The van der Waals surface area contributed by atoms with Crippen molar-refractivity contribution in [3.8, 4) is 11.5 Å². The number of amides is 1. The number of sulfonamides is 1. The zero-order chi connectivity index (χ0) is 22.6.